The van der Waals surface area contributed by atoms with Gasteiger partial charge in [-0.05, 0) is 17.7 Å². The van der Waals surface area contributed by atoms with Gasteiger partial charge in [-0.15, -0.1) is 0 Å². The maximum Gasteiger partial charge on any atom is 0.262 e. The van der Waals surface area contributed by atoms with Gasteiger partial charge in [-0.2, -0.15) is 0 Å². The van der Waals surface area contributed by atoms with Crippen molar-refractivity contribution in [3.05, 3.63) is 77.4 Å². The van der Waals surface area contributed by atoms with Crippen molar-refractivity contribution in [2.75, 3.05) is 45.8 Å². The van der Waals surface area contributed by atoms with Gasteiger partial charge in [0.05, 0.1) is 24.2 Å². The lowest BCUT2D eigenvalue weighted by atomic mass is 10.1. The summed E-state index contributed by atoms with van der Waals surface area (Å²) < 4.78 is 0. The first-order chi connectivity index (χ1) is 14.7. The fourth-order valence-corrected chi connectivity index (χ4v) is 3.72. The predicted octanol–water partition coefficient (Wildman–Crippen LogP) is 2.62. The standard InChI is InChI=1S/C25H25N3O2/c29-24-22-12-4-5-13-23(22)25(30)28(24)16-7-6-14-26-17-19-27(20-18-26)15-8-11-21-9-2-1-3-10-21/h1-5,8-13H,14-20H2/b11-8+. The van der Waals surface area contributed by atoms with Crippen LogP contribution in [0.4, 0.5) is 0 Å². The number of benzene rings is 2. The lowest BCUT2D eigenvalue weighted by molar-refractivity contribution is 0.0675. The van der Waals surface area contributed by atoms with Crippen LogP contribution in [0, 0.1) is 11.8 Å². The van der Waals surface area contributed by atoms with Crippen molar-refractivity contribution < 1.29 is 9.59 Å². The molecule has 2 aromatic carbocycles. The molecule has 0 spiro atoms. The summed E-state index contributed by atoms with van der Waals surface area (Å²) in [5.41, 5.74) is 2.17. The smallest absolute Gasteiger partial charge is 0.262 e. The van der Waals surface area contributed by atoms with Crippen LogP contribution in [0.5, 0.6) is 0 Å². The zero-order valence-corrected chi connectivity index (χ0v) is 17.0. The topological polar surface area (TPSA) is 43.9 Å². The molecule has 5 heteroatoms. The van der Waals surface area contributed by atoms with Crippen LogP contribution in [0.1, 0.15) is 26.3 Å². The van der Waals surface area contributed by atoms with Gasteiger partial charge in [-0.3, -0.25) is 24.3 Å². The Bertz CT molecular complexity index is 961. The van der Waals surface area contributed by atoms with E-state index in [1.807, 2.05) is 18.2 Å². The Morgan fingerprint density at radius 1 is 0.733 bits per heavy atom. The summed E-state index contributed by atoms with van der Waals surface area (Å²) in [4.78, 5) is 30.6. The third kappa shape index (κ3) is 4.68. The monoisotopic (exact) mass is 399 g/mol. The van der Waals surface area contributed by atoms with Crippen molar-refractivity contribution in [1.82, 2.24) is 14.7 Å². The molecule has 0 aromatic heterocycles. The number of carbonyl (C=O) groups excluding carboxylic acids is 2. The molecule has 30 heavy (non-hydrogen) atoms. The minimum atomic E-state index is -0.248. The molecule has 0 bridgehead atoms. The molecular formula is C25H25N3O2. The first kappa shape index (κ1) is 20.1. The zero-order valence-electron chi connectivity index (χ0n) is 17.0. The number of hydrogen-bond acceptors (Lipinski definition) is 4. The molecule has 2 aliphatic heterocycles. The minimum Gasteiger partial charge on any atom is -0.297 e. The summed E-state index contributed by atoms with van der Waals surface area (Å²) in [5, 5.41) is 0. The quantitative estimate of drug-likeness (QED) is 0.573. The van der Waals surface area contributed by atoms with E-state index in [9.17, 15) is 9.59 Å². The molecule has 5 nitrogen and oxygen atoms in total. The van der Waals surface area contributed by atoms with E-state index in [1.165, 1.54) is 10.5 Å². The Kier molecular flexibility index (Phi) is 6.38. The highest BCUT2D eigenvalue weighted by molar-refractivity contribution is 6.21. The van der Waals surface area contributed by atoms with Crippen LogP contribution < -0.4 is 0 Å². The fourth-order valence-electron chi connectivity index (χ4n) is 3.72. The van der Waals surface area contributed by atoms with E-state index in [1.54, 1.807) is 24.3 Å². The Labute approximate surface area is 177 Å². The van der Waals surface area contributed by atoms with Crippen molar-refractivity contribution in [3.8, 4) is 11.8 Å². The molecule has 2 amide bonds. The van der Waals surface area contributed by atoms with Crippen molar-refractivity contribution in [1.29, 1.82) is 0 Å². The Morgan fingerprint density at radius 3 is 1.97 bits per heavy atom. The number of fused-ring (bicyclic) bond motifs is 1. The first-order valence-electron chi connectivity index (χ1n) is 10.3. The Hall–Kier alpha value is -3.20. The van der Waals surface area contributed by atoms with E-state index in [0.717, 1.165) is 32.7 Å². The van der Waals surface area contributed by atoms with Crippen LogP contribution >= 0.6 is 0 Å². The molecular weight excluding hydrogens is 374 g/mol. The average molecular weight is 399 g/mol. The van der Waals surface area contributed by atoms with Crippen LogP contribution in [0.25, 0.3) is 6.08 Å². The fraction of sp³-hybridized carbons (Fsp3) is 0.280. The summed E-state index contributed by atoms with van der Waals surface area (Å²) in [7, 11) is 0. The molecule has 0 atom stereocenters. The SMILES string of the molecule is O=C1c2ccccc2C(=O)N1CC#CCN1CCN(C/C=C/c2ccccc2)CC1. The molecule has 152 valence electrons. The van der Waals surface area contributed by atoms with Crippen LogP contribution in [0.15, 0.2) is 60.7 Å². The lowest BCUT2D eigenvalue weighted by Gasteiger charge is -2.32. The van der Waals surface area contributed by atoms with E-state index >= 15 is 0 Å². The average Bonchev–Trinajstić information content (AvgIpc) is 3.03. The Balaban J connectivity index is 1.19. The highest BCUT2D eigenvalue weighted by atomic mass is 16.2. The van der Waals surface area contributed by atoms with Crippen molar-refractivity contribution >= 4 is 17.9 Å². The molecule has 1 saturated heterocycles. The van der Waals surface area contributed by atoms with Gasteiger partial charge in [-0.1, -0.05) is 66.5 Å². The third-order valence-corrected chi connectivity index (χ3v) is 5.48. The van der Waals surface area contributed by atoms with Crippen molar-refractivity contribution in [2.24, 2.45) is 0 Å². The molecule has 0 N–H and O–H groups in total. The number of piperazine rings is 1. The van der Waals surface area contributed by atoms with Crippen molar-refractivity contribution in [2.45, 2.75) is 0 Å². The molecule has 0 saturated carbocycles. The second kappa shape index (κ2) is 9.53. The van der Waals surface area contributed by atoms with Crippen LogP contribution in [0.2, 0.25) is 0 Å². The molecule has 1 fully saturated rings. The van der Waals surface area contributed by atoms with Gasteiger partial charge in [0.15, 0.2) is 0 Å². The largest absolute Gasteiger partial charge is 0.297 e. The van der Waals surface area contributed by atoms with Gasteiger partial charge in [-0.25, -0.2) is 0 Å². The molecule has 0 radical (unpaired) electrons. The first-order valence-corrected chi connectivity index (χ1v) is 10.3. The summed E-state index contributed by atoms with van der Waals surface area (Å²) in [5.74, 6) is 5.63. The Morgan fingerprint density at radius 2 is 1.30 bits per heavy atom. The van der Waals surface area contributed by atoms with E-state index in [4.69, 9.17) is 0 Å². The van der Waals surface area contributed by atoms with Crippen molar-refractivity contribution in [3.63, 3.8) is 0 Å². The maximum absolute atomic E-state index is 12.3. The van der Waals surface area contributed by atoms with Crippen LogP contribution in [0.3, 0.4) is 0 Å². The number of hydrogen-bond donors (Lipinski definition) is 0. The summed E-state index contributed by atoms with van der Waals surface area (Å²) in [6, 6.07) is 17.3. The molecule has 2 aromatic rings. The molecule has 2 heterocycles. The predicted molar refractivity (Wildman–Crippen MR) is 118 cm³/mol. The molecule has 2 aliphatic rings. The molecule has 0 unspecified atom stereocenters. The number of imide groups is 1. The second-order valence-electron chi connectivity index (χ2n) is 7.49. The van der Waals surface area contributed by atoms with Gasteiger partial charge in [0.1, 0.15) is 0 Å². The molecule has 4 rings (SSSR count). The van der Waals surface area contributed by atoms with E-state index < -0.39 is 0 Å². The minimum absolute atomic E-state index is 0.149. The highest BCUT2D eigenvalue weighted by Gasteiger charge is 2.34. The summed E-state index contributed by atoms with van der Waals surface area (Å²) in [6.45, 7) is 5.74. The number of rotatable bonds is 5. The van der Waals surface area contributed by atoms with Gasteiger partial charge in [0, 0.05) is 32.7 Å². The lowest BCUT2D eigenvalue weighted by Crippen LogP contribution is -2.46. The number of carbonyl (C=O) groups is 2. The van der Waals surface area contributed by atoms with E-state index in [2.05, 4.69) is 45.9 Å². The highest BCUT2D eigenvalue weighted by Crippen LogP contribution is 2.21. The second-order valence-corrected chi connectivity index (χ2v) is 7.49. The normalized spacial score (nSPS) is 17.3. The third-order valence-electron chi connectivity index (χ3n) is 5.48. The summed E-state index contributed by atoms with van der Waals surface area (Å²) in [6.07, 6.45) is 4.38. The summed E-state index contributed by atoms with van der Waals surface area (Å²) >= 11 is 0. The van der Waals surface area contributed by atoms with E-state index in [0.29, 0.717) is 17.7 Å². The maximum atomic E-state index is 12.3. The van der Waals surface area contributed by atoms with Gasteiger partial charge < -0.3 is 0 Å². The van der Waals surface area contributed by atoms with Gasteiger partial charge >= 0.3 is 0 Å². The van der Waals surface area contributed by atoms with Crippen LogP contribution in [-0.2, 0) is 0 Å². The zero-order chi connectivity index (χ0) is 20.8. The van der Waals surface area contributed by atoms with Gasteiger partial charge in [0.25, 0.3) is 11.8 Å². The van der Waals surface area contributed by atoms with Crippen LogP contribution in [-0.4, -0.2) is 72.3 Å². The number of nitrogens with zero attached hydrogens (tertiary/aromatic N) is 3. The van der Waals surface area contributed by atoms with Gasteiger partial charge in [0.2, 0.25) is 0 Å². The van der Waals surface area contributed by atoms with E-state index in [-0.39, 0.29) is 18.4 Å². The molecule has 0 aliphatic carbocycles. The number of amides is 2.